The van der Waals surface area contributed by atoms with Crippen LogP contribution < -0.4 is 86.7 Å². The van der Waals surface area contributed by atoms with Gasteiger partial charge < -0.3 is 112 Å². The summed E-state index contributed by atoms with van der Waals surface area (Å²) in [5.74, 6) is -15.4. The number of aliphatic hydroxyl groups excluding tert-OH is 2. The molecule has 548 valence electrons. The summed E-state index contributed by atoms with van der Waals surface area (Å²) in [6, 6.07) is -2.65. The van der Waals surface area contributed by atoms with E-state index in [1.54, 1.807) is 102 Å². The zero-order chi connectivity index (χ0) is 74.2. The minimum atomic E-state index is -1.86. The van der Waals surface area contributed by atoms with Crippen molar-refractivity contribution in [2.24, 2.45) is 40.7 Å². The maximum Gasteiger partial charge on any atom is 0.325 e. The quantitative estimate of drug-likeness (QED) is 0.0251. The molecule has 25 N–H and O–H groups in total. The van der Waals surface area contributed by atoms with Crippen LogP contribution in [0, 0.1) is 17.8 Å². The van der Waals surface area contributed by atoms with Crippen molar-refractivity contribution in [2.45, 2.75) is 172 Å². The lowest BCUT2D eigenvalue weighted by atomic mass is 9.99. The summed E-state index contributed by atoms with van der Waals surface area (Å²) in [4.78, 5) is 192. The maximum atomic E-state index is 14.5. The number of benzene rings is 2. The Morgan fingerprint density at radius 2 is 0.869 bits per heavy atom. The highest BCUT2D eigenvalue weighted by atomic mass is 16.4. The van der Waals surface area contributed by atoms with Crippen LogP contribution in [0.4, 0.5) is 0 Å². The maximum absolute atomic E-state index is 14.5. The van der Waals surface area contributed by atoms with Gasteiger partial charge in [-0.15, -0.1) is 0 Å². The Bertz CT molecular complexity index is 3240. The standard InChI is InChI=1S/C64H99N17O18/c1-32(2)25-44(57(91)71-35(7)64(98)99)79-63(97)52(34(5)6)81-56(90)40(17-18-50(85)86)73-58(92)45(26-36-13-9-8-10-14-36)77-55(89)43(21-24-67)74-54(88)42(20-23-66)75-61(95)48(31-83)80-59(93)46(27-37-28-69-39-16-12-11-15-38(37)39)78-60(94)47(30-82)72-49(84)29-70-53(87)41(19-22-65)76-62(96)51(68)33(3)4/h8-16,28,32-35,40-48,51-52,69,82-83H,17-27,29-31,65-68H2,1-7H3,(H,70,87)(H,71,91)(H,72,84)(H,73,92)(H,74,88)(H,75,95)(H,76,96)(H,77,89)(H,78,94)(H,79,97)(H,80,93)(H,81,90)(H,85,86)(H,98,99)/t35-,40-,41+,42-,43+,44+,45-,46+,47+,48-,51+,52-/m0/s1. The van der Waals surface area contributed by atoms with Crippen molar-refractivity contribution in [3.8, 4) is 0 Å². The van der Waals surface area contributed by atoms with Gasteiger partial charge in [0.2, 0.25) is 70.9 Å². The van der Waals surface area contributed by atoms with Crippen LogP contribution in [0.2, 0.25) is 0 Å². The fraction of sp³-hybridized carbons (Fsp3) is 0.562. The van der Waals surface area contributed by atoms with E-state index in [4.69, 9.17) is 22.9 Å². The molecule has 2 aromatic carbocycles. The van der Waals surface area contributed by atoms with E-state index in [1.807, 2.05) is 0 Å². The number of aromatic nitrogens is 1. The van der Waals surface area contributed by atoms with Gasteiger partial charge in [0.05, 0.1) is 25.8 Å². The van der Waals surface area contributed by atoms with Crippen molar-refractivity contribution in [3.63, 3.8) is 0 Å². The summed E-state index contributed by atoms with van der Waals surface area (Å²) in [5, 5.41) is 69.8. The molecule has 0 aliphatic rings. The first kappa shape index (κ1) is 83.5. The Hall–Kier alpha value is -9.68. The van der Waals surface area contributed by atoms with E-state index in [0.717, 1.165) is 0 Å². The highest BCUT2D eigenvalue weighted by Crippen LogP contribution is 2.20. The molecule has 1 heterocycles. The van der Waals surface area contributed by atoms with Crippen LogP contribution in [0.3, 0.4) is 0 Å². The molecule has 0 radical (unpaired) electrons. The van der Waals surface area contributed by atoms with Crippen LogP contribution >= 0.6 is 0 Å². The Labute approximate surface area is 572 Å². The molecule has 99 heavy (non-hydrogen) atoms. The predicted molar refractivity (Wildman–Crippen MR) is 359 cm³/mol. The van der Waals surface area contributed by atoms with Crippen LogP contribution in [0.1, 0.15) is 98.1 Å². The molecule has 12 atom stereocenters. The van der Waals surface area contributed by atoms with E-state index in [-0.39, 0.29) is 70.0 Å². The first-order valence-electron chi connectivity index (χ1n) is 32.5. The van der Waals surface area contributed by atoms with Gasteiger partial charge in [0.1, 0.15) is 66.5 Å². The lowest BCUT2D eigenvalue weighted by Gasteiger charge is -2.29. The molecule has 3 aromatic rings. The minimum Gasteiger partial charge on any atom is -0.481 e. The molecule has 0 saturated carbocycles. The number of hydrogen-bond donors (Lipinski definition) is 21. The zero-order valence-corrected chi connectivity index (χ0v) is 56.6. The number of H-pyrrole nitrogens is 1. The second-order valence-corrected chi connectivity index (χ2v) is 24.8. The third kappa shape index (κ3) is 28.0. The lowest BCUT2D eigenvalue weighted by molar-refractivity contribution is -0.142. The number of rotatable bonds is 44. The summed E-state index contributed by atoms with van der Waals surface area (Å²) >= 11 is 0. The van der Waals surface area contributed by atoms with Gasteiger partial charge in [0, 0.05) is 36.4 Å². The lowest BCUT2D eigenvalue weighted by Crippen LogP contribution is -2.62. The first-order valence-corrected chi connectivity index (χ1v) is 32.5. The second-order valence-electron chi connectivity index (χ2n) is 24.8. The SMILES string of the molecule is CC(C)C[C@@H](NC(=O)[C@@H](NC(=O)[C@H](CCC(=O)O)NC(=O)[C@H](Cc1ccccc1)NC(=O)[C@@H](CCN)NC(=O)[C@H](CCN)NC(=O)[C@H](CO)NC(=O)[C@@H](Cc1c[nH]c2ccccc12)NC(=O)[C@@H](CO)NC(=O)CNC(=O)[C@@H](CCN)NC(=O)[C@H](N)C(C)C)C(C)C)C(=O)N[C@@H](C)C(=O)O. The number of carbonyl (C=O) groups excluding carboxylic acids is 12. The van der Waals surface area contributed by atoms with Crippen LogP contribution in [0.25, 0.3) is 10.9 Å². The molecule has 0 saturated heterocycles. The van der Waals surface area contributed by atoms with Gasteiger partial charge in [-0.2, -0.15) is 0 Å². The average molecular weight is 1390 g/mol. The molecule has 0 fully saturated rings. The number of carboxylic acid groups (broad SMARTS) is 2. The van der Waals surface area contributed by atoms with Crippen molar-refractivity contribution in [1.29, 1.82) is 0 Å². The fourth-order valence-corrected chi connectivity index (χ4v) is 9.89. The predicted octanol–water partition coefficient (Wildman–Crippen LogP) is -5.91. The fourth-order valence-electron chi connectivity index (χ4n) is 9.89. The number of nitrogens with two attached hydrogens (primary N) is 4. The smallest absolute Gasteiger partial charge is 0.325 e. The van der Waals surface area contributed by atoms with Gasteiger partial charge in [-0.1, -0.05) is 90.1 Å². The largest absolute Gasteiger partial charge is 0.481 e. The molecule has 0 bridgehead atoms. The summed E-state index contributed by atoms with van der Waals surface area (Å²) in [6.45, 7) is 7.85. The van der Waals surface area contributed by atoms with Crippen LogP contribution in [0.5, 0.6) is 0 Å². The molecular weight excluding hydrogens is 1290 g/mol. The van der Waals surface area contributed by atoms with Crippen LogP contribution in [-0.2, 0) is 80.0 Å². The number of carboxylic acids is 2. The van der Waals surface area contributed by atoms with Gasteiger partial charge in [0.15, 0.2) is 0 Å². The third-order valence-electron chi connectivity index (χ3n) is 15.6. The van der Waals surface area contributed by atoms with Crippen molar-refractivity contribution < 1.29 is 87.5 Å². The van der Waals surface area contributed by atoms with E-state index in [1.165, 1.54) is 6.92 Å². The second kappa shape index (κ2) is 42.2. The van der Waals surface area contributed by atoms with Crippen molar-refractivity contribution in [1.82, 2.24) is 68.8 Å². The molecule has 0 aliphatic heterocycles. The number of para-hydroxylation sites is 1. The number of aromatic amines is 1. The summed E-state index contributed by atoms with van der Waals surface area (Å²) in [6.07, 6.45) is -0.768. The third-order valence-corrected chi connectivity index (χ3v) is 15.6. The van der Waals surface area contributed by atoms with Crippen molar-refractivity contribution in [3.05, 3.63) is 71.9 Å². The molecule has 1 aromatic heterocycles. The highest BCUT2D eigenvalue weighted by Gasteiger charge is 2.37. The average Bonchev–Trinajstić information content (AvgIpc) is 1.33. The Morgan fingerprint density at radius 1 is 0.444 bits per heavy atom. The zero-order valence-electron chi connectivity index (χ0n) is 56.6. The number of aliphatic hydroxyl groups is 2. The number of aliphatic carboxylic acids is 2. The van der Waals surface area contributed by atoms with E-state index < -0.39 is 194 Å². The monoisotopic (exact) mass is 1390 g/mol. The topological polar surface area (TPSA) is 584 Å². The molecule has 0 aliphatic carbocycles. The van der Waals surface area contributed by atoms with Gasteiger partial charge in [0.25, 0.3) is 0 Å². The summed E-state index contributed by atoms with van der Waals surface area (Å²) < 4.78 is 0. The van der Waals surface area contributed by atoms with Gasteiger partial charge >= 0.3 is 11.9 Å². The van der Waals surface area contributed by atoms with Crippen LogP contribution in [0.15, 0.2) is 60.8 Å². The van der Waals surface area contributed by atoms with Gasteiger partial charge in [-0.05, 0) is 93.6 Å². The highest BCUT2D eigenvalue weighted by molar-refractivity contribution is 6.00. The van der Waals surface area contributed by atoms with E-state index in [0.29, 0.717) is 22.0 Å². The Morgan fingerprint density at radius 3 is 1.36 bits per heavy atom. The molecule has 0 unspecified atom stereocenters. The van der Waals surface area contributed by atoms with E-state index in [9.17, 15) is 87.5 Å². The number of carbonyl (C=O) groups is 14. The van der Waals surface area contributed by atoms with Gasteiger partial charge in [-0.3, -0.25) is 67.1 Å². The molecule has 3 rings (SSSR count). The molecule has 12 amide bonds. The van der Waals surface area contributed by atoms with Crippen molar-refractivity contribution >= 4 is 93.7 Å². The molecule has 35 nitrogen and oxygen atoms in total. The van der Waals surface area contributed by atoms with E-state index >= 15 is 0 Å². The van der Waals surface area contributed by atoms with E-state index in [2.05, 4.69) is 68.8 Å². The number of amides is 12. The summed E-state index contributed by atoms with van der Waals surface area (Å²) in [5.41, 5.74) is 25.0. The Balaban J connectivity index is 1.87. The van der Waals surface area contributed by atoms with Gasteiger partial charge in [-0.25, -0.2) is 0 Å². The normalized spacial score (nSPS) is 14.9. The summed E-state index contributed by atoms with van der Waals surface area (Å²) in [7, 11) is 0. The molecule has 0 spiro atoms. The van der Waals surface area contributed by atoms with Crippen molar-refractivity contribution in [2.75, 3.05) is 39.4 Å². The Kier molecular flexibility index (Phi) is 35.6. The first-order chi connectivity index (χ1) is 46.8. The minimum absolute atomic E-state index is 0.0238. The number of fused-ring (bicyclic) bond motifs is 1. The number of nitrogens with one attached hydrogen (secondary N) is 13. The molecular formula is C64H99N17O18. The molecule has 35 heteroatoms. The number of hydrogen-bond acceptors (Lipinski definition) is 20. The van der Waals surface area contributed by atoms with Crippen LogP contribution in [-0.4, -0.2) is 220 Å².